The number of nitrogens with two attached hydrogens (primary N) is 1. The number of rotatable bonds is 1. The largest absolute Gasteiger partial charge is 0.327 e. The third-order valence-corrected chi connectivity index (χ3v) is 4.28. The van der Waals surface area contributed by atoms with Gasteiger partial charge in [0.25, 0.3) is 0 Å². The van der Waals surface area contributed by atoms with Crippen molar-refractivity contribution in [3.05, 3.63) is 21.3 Å². The molecule has 1 saturated carbocycles. The van der Waals surface area contributed by atoms with Gasteiger partial charge in [0.05, 0.1) is 5.02 Å². The van der Waals surface area contributed by atoms with Gasteiger partial charge >= 0.3 is 0 Å². The Bertz CT molecular complexity index is 305. The van der Waals surface area contributed by atoms with Gasteiger partial charge in [-0.15, -0.1) is 11.3 Å². The molecule has 1 heterocycles. The molecule has 0 bridgehead atoms. The molecule has 1 aliphatic rings. The number of hydrogen-bond acceptors (Lipinski definition) is 2. The topological polar surface area (TPSA) is 26.0 Å². The van der Waals surface area contributed by atoms with Crippen LogP contribution in [0.25, 0.3) is 0 Å². The summed E-state index contributed by atoms with van der Waals surface area (Å²) in [5.41, 5.74) is 6.20. The molecule has 1 nitrogen and oxygen atoms in total. The minimum absolute atomic E-state index is 0.245. The Morgan fingerprint density at radius 3 is 2.50 bits per heavy atom. The average molecular weight is 202 g/mol. The van der Waals surface area contributed by atoms with Crippen LogP contribution in [0.4, 0.5) is 0 Å². The fraction of sp³-hybridized carbons (Fsp3) is 0.556. The van der Waals surface area contributed by atoms with Gasteiger partial charge in [0, 0.05) is 16.8 Å². The zero-order valence-electron chi connectivity index (χ0n) is 7.17. The van der Waals surface area contributed by atoms with Gasteiger partial charge in [-0.1, -0.05) is 25.4 Å². The van der Waals surface area contributed by atoms with Crippen molar-refractivity contribution in [2.24, 2.45) is 11.1 Å². The normalized spacial score (nSPS) is 32.0. The minimum atomic E-state index is 0.245. The third kappa shape index (κ3) is 1.02. The molecule has 66 valence electrons. The molecule has 3 heteroatoms. The Labute approximate surface area is 81.5 Å². The molecular weight excluding hydrogens is 190 g/mol. The predicted molar refractivity (Wildman–Crippen MR) is 53.8 cm³/mol. The van der Waals surface area contributed by atoms with Gasteiger partial charge in [-0.05, 0) is 16.9 Å². The molecule has 0 spiro atoms. The van der Waals surface area contributed by atoms with Crippen molar-refractivity contribution in [1.29, 1.82) is 0 Å². The van der Waals surface area contributed by atoms with Gasteiger partial charge < -0.3 is 5.73 Å². The van der Waals surface area contributed by atoms with Gasteiger partial charge in [0.2, 0.25) is 0 Å². The summed E-state index contributed by atoms with van der Waals surface area (Å²) in [5, 5.41) is 2.91. The van der Waals surface area contributed by atoms with Crippen LogP contribution in [0.5, 0.6) is 0 Å². The van der Waals surface area contributed by atoms with E-state index in [1.165, 1.54) is 4.88 Å². The smallest absolute Gasteiger partial charge is 0.0548 e. The molecule has 0 aromatic carbocycles. The van der Waals surface area contributed by atoms with Crippen LogP contribution in [0.15, 0.2) is 11.4 Å². The molecule has 1 aromatic heterocycles. The lowest BCUT2D eigenvalue weighted by molar-refractivity contribution is 0.601. The number of hydrogen-bond donors (Lipinski definition) is 1. The first-order chi connectivity index (χ1) is 5.55. The van der Waals surface area contributed by atoms with Crippen molar-refractivity contribution in [3.8, 4) is 0 Å². The third-order valence-electron chi connectivity index (χ3n) is 2.84. The predicted octanol–water partition coefficient (Wildman–Crippen LogP) is 2.85. The Hall–Kier alpha value is -0.0500. The van der Waals surface area contributed by atoms with E-state index in [9.17, 15) is 0 Å². The fourth-order valence-electron chi connectivity index (χ4n) is 1.71. The maximum Gasteiger partial charge on any atom is 0.0548 e. The molecule has 1 aromatic rings. The van der Waals surface area contributed by atoms with Crippen LogP contribution in [-0.4, -0.2) is 6.04 Å². The first-order valence-electron chi connectivity index (χ1n) is 4.03. The highest BCUT2D eigenvalue weighted by Gasteiger charge is 2.57. The molecule has 0 aliphatic heterocycles. The summed E-state index contributed by atoms with van der Waals surface area (Å²) in [5.74, 6) is 0.477. The Morgan fingerprint density at radius 1 is 1.58 bits per heavy atom. The van der Waals surface area contributed by atoms with Crippen LogP contribution in [0.3, 0.4) is 0 Å². The summed E-state index contributed by atoms with van der Waals surface area (Å²) in [4.78, 5) is 1.26. The lowest BCUT2D eigenvalue weighted by atomic mass is 10.1. The van der Waals surface area contributed by atoms with Crippen LogP contribution in [0.2, 0.25) is 5.02 Å². The Kier molecular flexibility index (Phi) is 1.76. The van der Waals surface area contributed by atoms with Crippen molar-refractivity contribution >= 4 is 22.9 Å². The summed E-state index contributed by atoms with van der Waals surface area (Å²) >= 11 is 7.74. The quantitative estimate of drug-likeness (QED) is 0.743. The lowest BCUT2D eigenvalue weighted by Gasteiger charge is -1.99. The second-order valence-electron chi connectivity index (χ2n) is 3.96. The maximum absolute atomic E-state index is 6.02. The van der Waals surface area contributed by atoms with E-state index >= 15 is 0 Å². The van der Waals surface area contributed by atoms with E-state index in [0.717, 1.165) is 5.02 Å². The molecule has 12 heavy (non-hydrogen) atoms. The van der Waals surface area contributed by atoms with Crippen molar-refractivity contribution in [2.45, 2.75) is 25.8 Å². The zero-order valence-corrected chi connectivity index (χ0v) is 8.75. The molecule has 1 aliphatic carbocycles. The van der Waals surface area contributed by atoms with Crippen LogP contribution in [-0.2, 0) is 0 Å². The van der Waals surface area contributed by atoms with E-state index in [2.05, 4.69) is 13.8 Å². The van der Waals surface area contributed by atoms with Crippen LogP contribution < -0.4 is 5.73 Å². The summed E-state index contributed by atoms with van der Waals surface area (Å²) in [6.45, 7) is 4.39. The Morgan fingerprint density at radius 2 is 2.17 bits per heavy atom. The number of thiophene rings is 1. The van der Waals surface area contributed by atoms with Gasteiger partial charge in [-0.2, -0.15) is 0 Å². The molecule has 0 saturated heterocycles. The van der Waals surface area contributed by atoms with E-state index in [-0.39, 0.29) is 11.5 Å². The maximum atomic E-state index is 6.02. The van der Waals surface area contributed by atoms with E-state index in [1.54, 1.807) is 11.3 Å². The van der Waals surface area contributed by atoms with Crippen LogP contribution >= 0.6 is 22.9 Å². The van der Waals surface area contributed by atoms with Crippen molar-refractivity contribution in [2.75, 3.05) is 0 Å². The molecule has 2 atom stereocenters. The van der Waals surface area contributed by atoms with Gasteiger partial charge in [-0.3, -0.25) is 0 Å². The van der Waals surface area contributed by atoms with Crippen molar-refractivity contribution in [3.63, 3.8) is 0 Å². The SMILES string of the molecule is CC1(C)[C@@H](N)[C@@H]1c1sccc1Cl. The van der Waals surface area contributed by atoms with Gasteiger partial charge in [0.15, 0.2) is 0 Å². The van der Waals surface area contributed by atoms with E-state index in [0.29, 0.717) is 5.92 Å². The van der Waals surface area contributed by atoms with Crippen molar-refractivity contribution in [1.82, 2.24) is 0 Å². The van der Waals surface area contributed by atoms with Crippen LogP contribution in [0, 0.1) is 5.41 Å². The van der Waals surface area contributed by atoms with Gasteiger partial charge in [-0.25, -0.2) is 0 Å². The monoisotopic (exact) mass is 201 g/mol. The zero-order chi connectivity index (χ0) is 8.93. The molecule has 2 N–H and O–H groups in total. The first-order valence-corrected chi connectivity index (χ1v) is 5.29. The highest BCUT2D eigenvalue weighted by molar-refractivity contribution is 7.10. The molecular formula is C9H12ClNS. The summed E-state index contributed by atoms with van der Waals surface area (Å²) in [6, 6.07) is 2.23. The highest BCUT2D eigenvalue weighted by Crippen LogP contribution is 2.59. The van der Waals surface area contributed by atoms with Crippen molar-refractivity contribution < 1.29 is 0 Å². The molecule has 2 rings (SSSR count). The highest BCUT2D eigenvalue weighted by atomic mass is 35.5. The average Bonchev–Trinajstić information content (AvgIpc) is 2.39. The molecule has 1 fully saturated rings. The van der Waals surface area contributed by atoms with E-state index in [4.69, 9.17) is 17.3 Å². The fourth-order valence-corrected chi connectivity index (χ4v) is 3.22. The summed E-state index contributed by atoms with van der Waals surface area (Å²) in [6.07, 6.45) is 0. The number of halogens is 1. The summed E-state index contributed by atoms with van der Waals surface area (Å²) in [7, 11) is 0. The van der Waals surface area contributed by atoms with E-state index < -0.39 is 0 Å². The first kappa shape index (κ1) is 8.54. The van der Waals surface area contributed by atoms with Gasteiger partial charge in [0.1, 0.15) is 0 Å². The van der Waals surface area contributed by atoms with Crippen LogP contribution in [0.1, 0.15) is 24.6 Å². The second-order valence-corrected chi connectivity index (χ2v) is 5.31. The van der Waals surface area contributed by atoms with E-state index in [1.807, 2.05) is 11.4 Å². The molecule has 0 amide bonds. The molecule has 0 radical (unpaired) electrons. The summed E-state index contributed by atoms with van der Waals surface area (Å²) < 4.78 is 0. The standard InChI is InChI=1S/C9H12ClNS/c1-9(2)6(8(9)11)7-5(10)3-4-12-7/h3-4,6,8H,11H2,1-2H3/t6-,8-/m0/s1. The second kappa shape index (κ2) is 2.47. The molecule has 0 unspecified atom stereocenters. The minimum Gasteiger partial charge on any atom is -0.327 e. The Balaban J connectivity index is 2.30. The lowest BCUT2D eigenvalue weighted by Crippen LogP contribution is -2.06.